The van der Waals surface area contributed by atoms with Crippen molar-refractivity contribution in [1.82, 2.24) is 5.32 Å². The number of halogens is 1. The molecule has 32 heavy (non-hydrogen) atoms. The lowest BCUT2D eigenvalue weighted by Gasteiger charge is -2.30. The number of aryl methyl sites for hydroxylation is 2. The first kappa shape index (κ1) is 23.9. The lowest BCUT2D eigenvalue weighted by molar-refractivity contribution is -0.122. The SMILES string of the molecule is CCOc1cc(/C=C2\C(=O)NC(=S)N(c3ccc(C)cc3C)C2=O)cc(Br)c1OC(C)C. The molecule has 0 bridgehead atoms. The van der Waals surface area contributed by atoms with E-state index >= 15 is 0 Å². The topological polar surface area (TPSA) is 67.9 Å². The molecule has 0 spiro atoms. The number of carbonyl (C=O) groups excluding carboxylic acids is 2. The molecule has 1 aliphatic rings. The summed E-state index contributed by atoms with van der Waals surface area (Å²) >= 11 is 8.82. The second-order valence-electron chi connectivity index (χ2n) is 7.68. The predicted octanol–water partition coefficient (Wildman–Crippen LogP) is 5.08. The molecule has 0 unspecified atom stereocenters. The molecule has 168 valence electrons. The molecule has 1 heterocycles. The molecule has 1 aliphatic heterocycles. The van der Waals surface area contributed by atoms with Crippen molar-refractivity contribution in [2.45, 2.75) is 40.7 Å². The molecule has 1 fully saturated rings. The summed E-state index contributed by atoms with van der Waals surface area (Å²) in [5.74, 6) is 0.0641. The Kier molecular flexibility index (Phi) is 7.36. The monoisotopic (exact) mass is 516 g/mol. The summed E-state index contributed by atoms with van der Waals surface area (Å²) in [6, 6.07) is 9.21. The van der Waals surface area contributed by atoms with Crippen LogP contribution in [-0.4, -0.2) is 29.6 Å². The summed E-state index contributed by atoms with van der Waals surface area (Å²) in [6.07, 6.45) is 1.48. The van der Waals surface area contributed by atoms with Gasteiger partial charge in [0.1, 0.15) is 5.57 Å². The van der Waals surface area contributed by atoms with E-state index in [0.29, 0.717) is 33.8 Å². The van der Waals surface area contributed by atoms with Gasteiger partial charge < -0.3 is 9.47 Å². The van der Waals surface area contributed by atoms with Crippen LogP contribution in [0.5, 0.6) is 11.5 Å². The van der Waals surface area contributed by atoms with Gasteiger partial charge in [-0.1, -0.05) is 17.7 Å². The lowest BCUT2D eigenvalue weighted by atomic mass is 10.0. The molecule has 1 N–H and O–H groups in total. The molecule has 1 saturated heterocycles. The Morgan fingerprint density at radius 2 is 1.91 bits per heavy atom. The summed E-state index contributed by atoms with van der Waals surface area (Å²) in [7, 11) is 0. The number of hydrogen-bond acceptors (Lipinski definition) is 5. The molecule has 0 radical (unpaired) electrons. The van der Waals surface area contributed by atoms with Gasteiger partial charge in [0.05, 0.1) is 22.9 Å². The zero-order valence-electron chi connectivity index (χ0n) is 18.6. The Bertz CT molecular complexity index is 1130. The van der Waals surface area contributed by atoms with Crippen LogP contribution < -0.4 is 19.7 Å². The van der Waals surface area contributed by atoms with Crippen molar-refractivity contribution in [2.75, 3.05) is 11.5 Å². The van der Waals surface area contributed by atoms with E-state index in [0.717, 1.165) is 11.1 Å². The van der Waals surface area contributed by atoms with Gasteiger partial charge in [-0.3, -0.25) is 19.8 Å². The fourth-order valence-corrected chi connectivity index (χ4v) is 4.21. The summed E-state index contributed by atoms with van der Waals surface area (Å²) in [5, 5.41) is 2.68. The fourth-order valence-electron chi connectivity index (χ4n) is 3.38. The van der Waals surface area contributed by atoms with Gasteiger partial charge in [-0.05, 0) is 98.2 Å². The maximum Gasteiger partial charge on any atom is 0.270 e. The minimum atomic E-state index is -0.544. The Labute approximate surface area is 201 Å². The minimum Gasteiger partial charge on any atom is -0.490 e. The number of hydrogen-bond donors (Lipinski definition) is 1. The van der Waals surface area contributed by atoms with Crippen molar-refractivity contribution in [3.8, 4) is 11.5 Å². The zero-order valence-corrected chi connectivity index (χ0v) is 21.0. The molecule has 0 saturated carbocycles. The van der Waals surface area contributed by atoms with E-state index in [-0.39, 0.29) is 16.8 Å². The molecule has 8 heteroatoms. The number of thiocarbonyl (C=S) groups is 1. The number of benzene rings is 2. The third kappa shape index (κ3) is 5.02. The molecule has 2 aromatic rings. The molecular formula is C24H25BrN2O4S. The van der Waals surface area contributed by atoms with E-state index in [9.17, 15) is 9.59 Å². The Morgan fingerprint density at radius 1 is 1.19 bits per heavy atom. The Hall–Kier alpha value is -2.71. The average Bonchev–Trinajstić information content (AvgIpc) is 2.69. The predicted molar refractivity (Wildman–Crippen MR) is 133 cm³/mol. The number of nitrogens with one attached hydrogen (secondary N) is 1. The maximum atomic E-state index is 13.3. The van der Waals surface area contributed by atoms with Crippen LogP contribution in [0.25, 0.3) is 6.08 Å². The third-order valence-electron chi connectivity index (χ3n) is 4.69. The van der Waals surface area contributed by atoms with Gasteiger partial charge >= 0.3 is 0 Å². The van der Waals surface area contributed by atoms with E-state index < -0.39 is 11.8 Å². The molecule has 2 aromatic carbocycles. The van der Waals surface area contributed by atoms with Gasteiger partial charge in [-0.25, -0.2) is 0 Å². The molecular weight excluding hydrogens is 492 g/mol. The Balaban J connectivity index is 2.05. The quantitative estimate of drug-likeness (QED) is 0.329. The first-order valence-electron chi connectivity index (χ1n) is 10.2. The first-order valence-corrected chi connectivity index (χ1v) is 11.4. The second-order valence-corrected chi connectivity index (χ2v) is 8.92. The highest BCUT2D eigenvalue weighted by molar-refractivity contribution is 9.10. The third-order valence-corrected chi connectivity index (χ3v) is 5.56. The second kappa shape index (κ2) is 9.83. The highest BCUT2D eigenvalue weighted by Gasteiger charge is 2.35. The van der Waals surface area contributed by atoms with Crippen LogP contribution in [0.4, 0.5) is 5.69 Å². The molecule has 6 nitrogen and oxygen atoms in total. The van der Waals surface area contributed by atoms with Gasteiger partial charge in [-0.2, -0.15) is 0 Å². The van der Waals surface area contributed by atoms with Crippen molar-refractivity contribution in [1.29, 1.82) is 0 Å². The van der Waals surface area contributed by atoms with Crippen molar-refractivity contribution in [2.24, 2.45) is 0 Å². The van der Waals surface area contributed by atoms with Crippen LogP contribution in [0.1, 0.15) is 37.5 Å². The average molecular weight is 517 g/mol. The Morgan fingerprint density at radius 3 is 2.53 bits per heavy atom. The van der Waals surface area contributed by atoms with Crippen LogP contribution in [0.3, 0.4) is 0 Å². The molecule has 0 aromatic heterocycles. The summed E-state index contributed by atoms with van der Waals surface area (Å²) in [5.41, 5.74) is 3.17. The first-order chi connectivity index (χ1) is 15.1. The highest BCUT2D eigenvalue weighted by atomic mass is 79.9. The molecule has 2 amide bonds. The smallest absolute Gasteiger partial charge is 0.270 e. The van der Waals surface area contributed by atoms with E-state index in [4.69, 9.17) is 21.7 Å². The summed E-state index contributed by atoms with van der Waals surface area (Å²) in [6.45, 7) is 10.0. The van der Waals surface area contributed by atoms with E-state index in [1.165, 1.54) is 11.0 Å². The van der Waals surface area contributed by atoms with Crippen LogP contribution in [0.15, 0.2) is 40.4 Å². The van der Waals surface area contributed by atoms with Crippen molar-refractivity contribution < 1.29 is 19.1 Å². The summed E-state index contributed by atoms with van der Waals surface area (Å²) < 4.78 is 12.3. The number of anilines is 1. The van der Waals surface area contributed by atoms with E-state index in [1.54, 1.807) is 12.1 Å². The number of ether oxygens (including phenoxy) is 2. The van der Waals surface area contributed by atoms with E-state index in [2.05, 4.69) is 21.2 Å². The van der Waals surface area contributed by atoms with Gasteiger partial charge in [0.15, 0.2) is 16.6 Å². The van der Waals surface area contributed by atoms with Crippen LogP contribution in [0, 0.1) is 13.8 Å². The van der Waals surface area contributed by atoms with E-state index in [1.807, 2.05) is 52.8 Å². The van der Waals surface area contributed by atoms with Gasteiger partial charge in [-0.15, -0.1) is 0 Å². The number of rotatable bonds is 6. The summed E-state index contributed by atoms with van der Waals surface area (Å²) in [4.78, 5) is 27.4. The van der Waals surface area contributed by atoms with Crippen molar-refractivity contribution in [3.05, 3.63) is 57.1 Å². The normalized spacial score (nSPS) is 15.4. The lowest BCUT2D eigenvalue weighted by Crippen LogP contribution is -2.54. The van der Waals surface area contributed by atoms with Crippen molar-refractivity contribution >= 4 is 56.8 Å². The number of amides is 2. The molecule has 0 aliphatic carbocycles. The molecule has 0 atom stereocenters. The van der Waals surface area contributed by atoms with Crippen molar-refractivity contribution in [3.63, 3.8) is 0 Å². The van der Waals surface area contributed by atoms with Crippen LogP contribution in [0.2, 0.25) is 0 Å². The van der Waals surface area contributed by atoms with Crippen LogP contribution in [-0.2, 0) is 9.59 Å². The largest absolute Gasteiger partial charge is 0.490 e. The van der Waals surface area contributed by atoms with Gasteiger partial charge in [0, 0.05) is 0 Å². The van der Waals surface area contributed by atoms with Crippen LogP contribution >= 0.6 is 28.1 Å². The number of carbonyl (C=O) groups is 2. The minimum absolute atomic E-state index is 0.0227. The van der Waals surface area contributed by atoms with Gasteiger partial charge in [0.2, 0.25) is 0 Å². The standard InChI is InChI=1S/C24H25BrN2O4S/c1-6-30-20-12-16(11-18(25)21(20)31-13(2)3)10-17-22(28)26-24(32)27(23(17)29)19-8-7-14(4)9-15(19)5/h7-13H,6H2,1-5H3,(H,26,28,32)/b17-10+. The van der Waals surface area contributed by atoms with Gasteiger partial charge in [0.25, 0.3) is 11.8 Å². The highest BCUT2D eigenvalue weighted by Crippen LogP contribution is 2.38. The fraction of sp³-hybridized carbons (Fsp3) is 0.292. The maximum absolute atomic E-state index is 13.3. The number of nitrogens with zero attached hydrogens (tertiary/aromatic N) is 1. The molecule has 3 rings (SSSR count). The zero-order chi connectivity index (χ0) is 23.6.